The molecule has 1 aromatic carbocycles. The molecule has 2 N–H and O–H groups in total. The molecule has 2 rings (SSSR count). The van der Waals surface area contributed by atoms with Crippen molar-refractivity contribution in [1.29, 1.82) is 0 Å². The van der Waals surface area contributed by atoms with Crippen molar-refractivity contribution in [3.63, 3.8) is 0 Å². The second-order valence-electron chi connectivity index (χ2n) is 5.76. The molecule has 6 heteroatoms. The Bertz CT molecular complexity index is 689. The number of benzene rings is 1. The summed E-state index contributed by atoms with van der Waals surface area (Å²) in [6.45, 7) is 7.09. The first-order valence-electron chi connectivity index (χ1n) is 8.87. The van der Waals surface area contributed by atoms with Crippen LogP contribution in [-0.4, -0.2) is 37.8 Å². The number of nitrogens with one attached hydrogen (secondary N) is 2. The lowest BCUT2D eigenvalue weighted by Gasteiger charge is -2.15. The van der Waals surface area contributed by atoms with Gasteiger partial charge in [-0.05, 0) is 37.6 Å². The molecule has 0 radical (unpaired) electrons. The average Bonchev–Trinajstić information content (AvgIpc) is 2.67. The highest BCUT2D eigenvalue weighted by molar-refractivity contribution is 5.79. The highest BCUT2D eigenvalue weighted by Crippen LogP contribution is 2.20. The molecule has 0 fully saturated rings. The van der Waals surface area contributed by atoms with Gasteiger partial charge in [-0.3, -0.25) is 9.98 Å². The van der Waals surface area contributed by atoms with Gasteiger partial charge in [0.15, 0.2) is 5.96 Å². The molecule has 1 aromatic heterocycles. The number of ether oxygens (including phenoxy) is 2. The van der Waals surface area contributed by atoms with Crippen LogP contribution in [0.1, 0.15) is 23.7 Å². The molecule has 1 heterocycles. The molecule has 0 spiro atoms. The molecule has 0 atom stereocenters. The van der Waals surface area contributed by atoms with Gasteiger partial charge in [-0.15, -0.1) is 0 Å². The summed E-state index contributed by atoms with van der Waals surface area (Å²) in [5.74, 6) is 1.59. The summed E-state index contributed by atoms with van der Waals surface area (Å²) >= 11 is 0. The van der Waals surface area contributed by atoms with Gasteiger partial charge in [0.1, 0.15) is 12.4 Å². The number of guanidine groups is 1. The topological polar surface area (TPSA) is 67.8 Å². The second-order valence-corrected chi connectivity index (χ2v) is 5.76. The van der Waals surface area contributed by atoms with E-state index in [1.807, 2.05) is 31.2 Å². The Balaban J connectivity index is 1.89. The molecule has 0 unspecified atom stereocenters. The van der Waals surface area contributed by atoms with Crippen LogP contribution in [0.3, 0.4) is 0 Å². The molecule has 0 saturated carbocycles. The van der Waals surface area contributed by atoms with Crippen molar-refractivity contribution in [2.75, 3.05) is 26.9 Å². The summed E-state index contributed by atoms with van der Waals surface area (Å²) in [4.78, 5) is 8.56. The molecule has 0 aliphatic heterocycles. The van der Waals surface area contributed by atoms with Crippen LogP contribution in [0.2, 0.25) is 0 Å². The van der Waals surface area contributed by atoms with Crippen LogP contribution in [-0.2, 0) is 17.8 Å². The first-order chi connectivity index (χ1) is 12.7. The Morgan fingerprint density at radius 3 is 2.69 bits per heavy atom. The Kier molecular flexibility index (Phi) is 8.42. The van der Waals surface area contributed by atoms with Gasteiger partial charge in [0.25, 0.3) is 0 Å². The Morgan fingerprint density at radius 2 is 1.96 bits per heavy atom. The largest absolute Gasteiger partial charge is 0.491 e. The monoisotopic (exact) mass is 356 g/mol. The number of aromatic nitrogens is 1. The third kappa shape index (κ3) is 6.72. The lowest BCUT2D eigenvalue weighted by molar-refractivity contribution is 0.110. The van der Waals surface area contributed by atoms with E-state index in [0.717, 1.165) is 28.5 Å². The van der Waals surface area contributed by atoms with Crippen molar-refractivity contribution in [2.45, 2.75) is 26.9 Å². The zero-order valence-electron chi connectivity index (χ0n) is 15.8. The first kappa shape index (κ1) is 19.7. The number of hydrogen-bond donors (Lipinski definition) is 2. The molecule has 0 amide bonds. The van der Waals surface area contributed by atoms with Crippen LogP contribution >= 0.6 is 0 Å². The van der Waals surface area contributed by atoms with Crippen molar-refractivity contribution in [2.24, 2.45) is 4.99 Å². The van der Waals surface area contributed by atoms with E-state index < -0.39 is 0 Å². The smallest absolute Gasteiger partial charge is 0.191 e. The van der Waals surface area contributed by atoms with E-state index in [-0.39, 0.29) is 0 Å². The maximum absolute atomic E-state index is 5.88. The fraction of sp³-hybridized carbons (Fsp3) is 0.400. The lowest BCUT2D eigenvalue weighted by atomic mass is 10.1. The van der Waals surface area contributed by atoms with E-state index in [1.165, 1.54) is 0 Å². The van der Waals surface area contributed by atoms with Crippen LogP contribution in [0.15, 0.2) is 47.6 Å². The van der Waals surface area contributed by atoms with Crippen molar-refractivity contribution in [3.05, 3.63) is 59.4 Å². The predicted octanol–water partition coefficient (Wildman–Crippen LogP) is 2.67. The molecule has 26 heavy (non-hydrogen) atoms. The van der Waals surface area contributed by atoms with Crippen LogP contribution < -0.4 is 15.4 Å². The fourth-order valence-electron chi connectivity index (χ4n) is 2.37. The highest BCUT2D eigenvalue weighted by atomic mass is 16.5. The van der Waals surface area contributed by atoms with E-state index in [1.54, 1.807) is 13.2 Å². The predicted molar refractivity (Wildman–Crippen MR) is 104 cm³/mol. The van der Waals surface area contributed by atoms with Crippen LogP contribution in [0, 0.1) is 6.92 Å². The number of rotatable bonds is 9. The van der Waals surface area contributed by atoms with Crippen molar-refractivity contribution < 1.29 is 9.47 Å². The quantitative estimate of drug-likeness (QED) is 0.411. The molecule has 140 valence electrons. The zero-order valence-corrected chi connectivity index (χ0v) is 15.8. The van der Waals surface area contributed by atoms with Gasteiger partial charge >= 0.3 is 0 Å². The van der Waals surface area contributed by atoms with E-state index >= 15 is 0 Å². The molecule has 2 aromatic rings. The van der Waals surface area contributed by atoms with Crippen molar-refractivity contribution >= 4 is 5.96 Å². The number of aliphatic imine (C=N–C) groups is 1. The SMILES string of the molecule is CCOCCOc1cc(C)ccc1CNC(=NC)NCc1ccccn1. The lowest BCUT2D eigenvalue weighted by Crippen LogP contribution is -2.36. The van der Waals surface area contributed by atoms with Gasteiger partial charge in [0.05, 0.1) is 18.8 Å². The normalized spacial score (nSPS) is 11.3. The molecule has 6 nitrogen and oxygen atoms in total. The van der Waals surface area contributed by atoms with Gasteiger partial charge in [-0.2, -0.15) is 0 Å². The van der Waals surface area contributed by atoms with E-state index in [9.17, 15) is 0 Å². The minimum absolute atomic E-state index is 0.539. The van der Waals surface area contributed by atoms with Crippen molar-refractivity contribution in [3.8, 4) is 5.75 Å². The molecule has 0 bridgehead atoms. The van der Waals surface area contributed by atoms with Gasteiger partial charge in [-0.1, -0.05) is 18.2 Å². The molecular formula is C20H28N4O2. The molecule has 0 aliphatic rings. The van der Waals surface area contributed by atoms with Crippen LogP contribution in [0.4, 0.5) is 0 Å². The molecule has 0 aliphatic carbocycles. The van der Waals surface area contributed by atoms with Gasteiger partial charge in [0, 0.05) is 32.0 Å². The third-order valence-corrected chi connectivity index (χ3v) is 3.75. The first-order valence-corrected chi connectivity index (χ1v) is 8.87. The maximum Gasteiger partial charge on any atom is 0.191 e. The zero-order chi connectivity index (χ0) is 18.6. The minimum atomic E-state index is 0.539. The summed E-state index contributed by atoms with van der Waals surface area (Å²) in [7, 11) is 1.75. The number of hydrogen-bond acceptors (Lipinski definition) is 4. The summed E-state index contributed by atoms with van der Waals surface area (Å²) in [5, 5.41) is 6.58. The summed E-state index contributed by atoms with van der Waals surface area (Å²) in [5.41, 5.74) is 3.21. The Labute approximate surface area is 155 Å². The summed E-state index contributed by atoms with van der Waals surface area (Å²) < 4.78 is 11.2. The number of nitrogens with zero attached hydrogens (tertiary/aromatic N) is 2. The van der Waals surface area contributed by atoms with E-state index in [0.29, 0.717) is 32.9 Å². The summed E-state index contributed by atoms with van der Waals surface area (Å²) in [6, 6.07) is 12.1. The number of pyridine rings is 1. The maximum atomic E-state index is 5.88. The Hall–Kier alpha value is -2.60. The van der Waals surface area contributed by atoms with Crippen LogP contribution in [0.5, 0.6) is 5.75 Å². The average molecular weight is 356 g/mol. The summed E-state index contributed by atoms with van der Waals surface area (Å²) in [6.07, 6.45) is 1.78. The van der Waals surface area contributed by atoms with Gasteiger partial charge in [0.2, 0.25) is 0 Å². The van der Waals surface area contributed by atoms with Crippen molar-refractivity contribution in [1.82, 2.24) is 15.6 Å². The fourth-order valence-corrected chi connectivity index (χ4v) is 2.37. The van der Waals surface area contributed by atoms with Crippen LogP contribution in [0.25, 0.3) is 0 Å². The highest BCUT2D eigenvalue weighted by Gasteiger charge is 2.06. The minimum Gasteiger partial charge on any atom is -0.491 e. The van der Waals surface area contributed by atoms with E-state index in [4.69, 9.17) is 9.47 Å². The Morgan fingerprint density at radius 1 is 1.12 bits per heavy atom. The van der Waals surface area contributed by atoms with Gasteiger partial charge in [-0.25, -0.2) is 0 Å². The molecule has 0 saturated heterocycles. The second kappa shape index (κ2) is 11.1. The standard InChI is InChI=1S/C20H28N4O2/c1-4-25-11-12-26-19-13-16(2)8-9-17(19)14-23-20(21-3)24-15-18-7-5-6-10-22-18/h5-10,13H,4,11-12,14-15H2,1-3H3,(H2,21,23,24). The van der Waals surface area contributed by atoms with E-state index in [2.05, 4.69) is 39.7 Å². The number of aryl methyl sites for hydroxylation is 1. The third-order valence-electron chi connectivity index (χ3n) is 3.75. The molecular weight excluding hydrogens is 328 g/mol. The van der Waals surface area contributed by atoms with Gasteiger partial charge < -0.3 is 20.1 Å².